The second-order valence-electron chi connectivity index (χ2n) is 14.9. The van der Waals surface area contributed by atoms with Crippen LogP contribution in [0.1, 0.15) is 76.1 Å². The highest BCUT2D eigenvalue weighted by Gasteiger charge is 2.52. The molecule has 4 amide bonds. The van der Waals surface area contributed by atoms with Crippen LogP contribution in [0.15, 0.2) is 55.0 Å². The number of fused-ring (bicyclic) bond motifs is 4. The largest absolute Gasteiger partial charge is 0.453 e. The van der Waals surface area contributed by atoms with E-state index in [0.29, 0.717) is 11.8 Å². The van der Waals surface area contributed by atoms with Crippen molar-refractivity contribution in [3.05, 3.63) is 66.6 Å². The maximum absolute atomic E-state index is 13.5. The summed E-state index contributed by atoms with van der Waals surface area (Å²) in [6.45, 7) is 3.36. The highest BCUT2D eigenvalue weighted by Crippen LogP contribution is 2.51. The number of piperidine rings is 2. The summed E-state index contributed by atoms with van der Waals surface area (Å²) in [4.78, 5) is 75.4. The molecule has 2 unspecified atom stereocenters. The first-order valence-corrected chi connectivity index (χ1v) is 18.6. The minimum atomic E-state index is -0.709. The number of benzene rings is 1. The Morgan fingerprint density at radius 2 is 1.11 bits per heavy atom. The topological polar surface area (TPSA) is 188 Å². The Morgan fingerprint density at radius 3 is 1.57 bits per heavy atom. The van der Waals surface area contributed by atoms with Gasteiger partial charge in [-0.25, -0.2) is 19.6 Å². The zero-order chi connectivity index (χ0) is 37.7. The number of aromatic nitrogens is 5. The zero-order valence-electron chi connectivity index (χ0n) is 30.7. The van der Waals surface area contributed by atoms with Crippen LogP contribution < -0.4 is 10.6 Å². The van der Waals surface area contributed by atoms with E-state index in [-0.39, 0.29) is 36.0 Å². The van der Waals surface area contributed by atoms with Gasteiger partial charge in [-0.3, -0.25) is 14.6 Å². The van der Waals surface area contributed by atoms with Gasteiger partial charge in [0.1, 0.15) is 23.7 Å². The Bertz CT molecular complexity index is 1900. The molecule has 8 rings (SSSR count). The van der Waals surface area contributed by atoms with Gasteiger partial charge in [0.2, 0.25) is 11.8 Å². The molecule has 15 heteroatoms. The van der Waals surface area contributed by atoms with Crippen molar-refractivity contribution in [1.29, 1.82) is 0 Å². The predicted octanol–water partition coefficient (Wildman–Crippen LogP) is 5.12. The molecule has 2 aliphatic heterocycles. The average molecular weight is 736 g/mol. The molecule has 282 valence electrons. The number of methoxy groups -OCH3 is 2. The number of aromatic amines is 2. The molecule has 54 heavy (non-hydrogen) atoms. The summed E-state index contributed by atoms with van der Waals surface area (Å²) < 4.78 is 9.40. The molecule has 1 aromatic carbocycles. The number of rotatable bonds is 9. The molecule has 2 saturated heterocycles. The number of likely N-dealkylation sites (tertiary alicyclic amines) is 2. The number of hydrogen-bond donors (Lipinski definition) is 4. The van der Waals surface area contributed by atoms with Crippen molar-refractivity contribution in [3.8, 4) is 33.8 Å². The van der Waals surface area contributed by atoms with E-state index in [4.69, 9.17) is 24.4 Å². The van der Waals surface area contributed by atoms with Gasteiger partial charge in [0.25, 0.3) is 0 Å². The molecule has 0 spiro atoms. The standard InChI is InChI=1S/C39H45N9O6/c1-20(43-38(51)53-3)36(49)47-27-12-9-24(15-27)32(47)34-41-18-30(45-34)23-7-5-22(6-8-23)29-14-11-26(17-40-29)31-19-42-35(46-31)33-25-10-13-28(16-25)48(33)37(50)21(2)44-39(52)54-4/h5-8,11,14,17-21,24-25,27-28,32-33H,9-10,12-13,15-16H2,1-4H3,(H,41,45)(H,42,46)(H,43,51)(H,44,52)/t20?,21?,24-,25-,27+,28+,32-,33-/m0/s1. The first kappa shape index (κ1) is 35.3. The fraction of sp³-hybridized carbons (Fsp3) is 0.462. The van der Waals surface area contributed by atoms with Crippen molar-refractivity contribution < 1.29 is 28.7 Å². The number of imidazole rings is 2. The first-order chi connectivity index (χ1) is 26.1. The maximum Gasteiger partial charge on any atom is 0.407 e. The van der Waals surface area contributed by atoms with E-state index in [2.05, 4.69) is 20.6 Å². The molecule has 4 bridgehead atoms. The average Bonchev–Trinajstić information content (AvgIpc) is 4.06. The minimum absolute atomic E-state index is 0.126. The van der Waals surface area contributed by atoms with E-state index in [0.717, 1.165) is 83.9 Å². The van der Waals surface area contributed by atoms with Gasteiger partial charge in [0.05, 0.1) is 55.8 Å². The van der Waals surface area contributed by atoms with Crippen molar-refractivity contribution >= 4 is 24.0 Å². The number of carbonyl (C=O) groups excluding carboxylic acids is 4. The monoisotopic (exact) mass is 735 g/mol. The number of hydrogen-bond acceptors (Lipinski definition) is 9. The molecule has 8 atom stereocenters. The number of ether oxygens (including phenoxy) is 2. The van der Waals surface area contributed by atoms with Crippen LogP contribution in [0.3, 0.4) is 0 Å². The molecule has 15 nitrogen and oxygen atoms in total. The lowest BCUT2D eigenvalue weighted by Gasteiger charge is -2.36. The third kappa shape index (κ3) is 6.34. The molecule has 3 aromatic heterocycles. The Hall–Kier alpha value is -5.73. The molecular formula is C39H45N9O6. The van der Waals surface area contributed by atoms with Crippen LogP contribution in [-0.2, 0) is 19.1 Å². The third-order valence-corrected chi connectivity index (χ3v) is 11.8. The summed E-state index contributed by atoms with van der Waals surface area (Å²) in [5.74, 6) is 1.84. The number of carbonyl (C=O) groups is 4. The van der Waals surface area contributed by atoms with Crippen LogP contribution in [0.2, 0.25) is 0 Å². The quantitative estimate of drug-likeness (QED) is 0.181. The Kier molecular flexibility index (Phi) is 9.32. The summed E-state index contributed by atoms with van der Waals surface area (Å²) in [5, 5.41) is 5.22. The van der Waals surface area contributed by atoms with Crippen LogP contribution in [0, 0.1) is 11.8 Å². The van der Waals surface area contributed by atoms with Gasteiger partial charge in [-0.1, -0.05) is 24.3 Å². The number of pyridine rings is 1. The number of amides is 4. The van der Waals surface area contributed by atoms with Crippen molar-refractivity contribution in [3.63, 3.8) is 0 Å². The fourth-order valence-electron chi connectivity index (χ4n) is 9.17. The second-order valence-corrected chi connectivity index (χ2v) is 14.9. The van der Waals surface area contributed by atoms with Crippen molar-refractivity contribution in [1.82, 2.24) is 45.4 Å². The molecule has 0 radical (unpaired) electrons. The summed E-state index contributed by atoms with van der Waals surface area (Å²) in [7, 11) is 2.56. The van der Waals surface area contributed by atoms with Gasteiger partial charge in [-0.05, 0) is 81.9 Å². The fourth-order valence-corrected chi connectivity index (χ4v) is 9.17. The molecule has 2 aliphatic carbocycles. The molecule has 4 aliphatic rings. The third-order valence-electron chi connectivity index (χ3n) is 11.8. The molecule has 4 N–H and O–H groups in total. The van der Waals surface area contributed by atoms with Gasteiger partial charge >= 0.3 is 12.2 Å². The van der Waals surface area contributed by atoms with Gasteiger partial charge < -0.3 is 39.9 Å². The van der Waals surface area contributed by atoms with E-state index in [1.54, 1.807) is 20.0 Å². The van der Waals surface area contributed by atoms with Gasteiger partial charge in [-0.2, -0.15) is 0 Å². The Labute approximate surface area is 312 Å². The van der Waals surface area contributed by atoms with Crippen LogP contribution in [0.4, 0.5) is 9.59 Å². The van der Waals surface area contributed by atoms with Crippen molar-refractivity contribution in [2.24, 2.45) is 11.8 Å². The highest BCUT2D eigenvalue weighted by atomic mass is 16.5. The van der Waals surface area contributed by atoms with Gasteiger partial charge in [-0.15, -0.1) is 0 Å². The highest BCUT2D eigenvalue weighted by molar-refractivity contribution is 5.87. The van der Waals surface area contributed by atoms with E-state index in [9.17, 15) is 19.2 Å². The Balaban J connectivity index is 0.941. The lowest BCUT2D eigenvalue weighted by molar-refractivity contribution is -0.138. The van der Waals surface area contributed by atoms with E-state index in [1.165, 1.54) is 14.2 Å². The molecule has 2 saturated carbocycles. The summed E-state index contributed by atoms with van der Waals surface area (Å²) in [5.41, 5.74) is 5.29. The maximum atomic E-state index is 13.5. The van der Waals surface area contributed by atoms with Crippen LogP contribution in [0.5, 0.6) is 0 Å². The van der Waals surface area contributed by atoms with Gasteiger partial charge in [0, 0.05) is 29.4 Å². The van der Waals surface area contributed by atoms with Gasteiger partial charge in [0.15, 0.2) is 0 Å². The van der Waals surface area contributed by atoms with Crippen molar-refractivity contribution in [2.75, 3.05) is 14.2 Å². The summed E-state index contributed by atoms with van der Waals surface area (Å²) in [6.07, 6.45) is 9.97. The lowest BCUT2D eigenvalue weighted by atomic mass is 9.97. The molecule has 4 aromatic rings. The predicted molar refractivity (Wildman–Crippen MR) is 196 cm³/mol. The van der Waals surface area contributed by atoms with Crippen LogP contribution in [0.25, 0.3) is 33.8 Å². The van der Waals surface area contributed by atoms with Crippen LogP contribution >= 0.6 is 0 Å². The number of alkyl carbamates (subject to hydrolysis) is 2. The summed E-state index contributed by atoms with van der Waals surface area (Å²) >= 11 is 0. The molecule has 5 heterocycles. The molecular weight excluding hydrogens is 690 g/mol. The van der Waals surface area contributed by atoms with E-state index < -0.39 is 24.3 Å². The normalized spacial score (nSPS) is 25.0. The smallest absolute Gasteiger partial charge is 0.407 e. The SMILES string of the molecule is COC(=O)NC(C)C(=O)N1[C@@H]2CC[C@@H](C2)[C@H]1c1ncc(-c2ccc(-c3ccc(-c4cnc([C@@H]5[C@H]6CC[C@H](C6)N5C(=O)C(C)NC(=O)OC)[nH]4)cn3)cc2)[nH]1. The zero-order valence-corrected chi connectivity index (χ0v) is 30.7. The first-order valence-electron chi connectivity index (χ1n) is 18.6. The second kappa shape index (κ2) is 14.3. The van der Waals surface area contributed by atoms with Crippen molar-refractivity contribution in [2.45, 2.75) is 88.6 Å². The van der Waals surface area contributed by atoms with E-state index in [1.807, 2.05) is 58.6 Å². The number of nitrogens with one attached hydrogen (secondary N) is 4. The summed E-state index contributed by atoms with van der Waals surface area (Å²) in [6, 6.07) is 10.6. The minimum Gasteiger partial charge on any atom is -0.453 e. The van der Waals surface area contributed by atoms with Crippen LogP contribution in [-0.4, -0.2) is 97.1 Å². The lowest BCUT2D eigenvalue weighted by Crippen LogP contribution is -2.50. The number of nitrogens with zero attached hydrogens (tertiary/aromatic N) is 5. The molecule has 4 fully saturated rings. The Morgan fingerprint density at radius 1 is 0.648 bits per heavy atom. The number of H-pyrrole nitrogens is 2. The van der Waals surface area contributed by atoms with E-state index >= 15 is 0 Å².